The molecule has 0 saturated carbocycles. The van der Waals surface area contributed by atoms with Gasteiger partial charge in [-0.1, -0.05) is 19.1 Å². The molecule has 2 fully saturated rings. The third-order valence-electron chi connectivity index (χ3n) is 4.57. The molecule has 0 radical (unpaired) electrons. The molecule has 21 heavy (non-hydrogen) atoms. The summed E-state index contributed by atoms with van der Waals surface area (Å²) in [6, 6.07) is 6.32. The number of hydrogen-bond donors (Lipinski definition) is 2. The number of rotatable bonds is 2. The SMILES string of the molecule is CC1CCN(C(=O)C2CC(c3ccc(F)cc3)NN2)CC1. The van der Waals surface area contributed by atoms with Gasteiger partial charge in [-0.05, 0) is 42.9 Å². The Labute approximate surface area is 124 Å². The van der Waals surface area contributed by atoms with Gasteiger partial charge in [0.2, 0.25) is 5.91 Å². The van der Waals surface area contributed by atoms with Gasteiger partial charge < -0.3 is 4.90 Å². The van der Waals surface area contributed by atoms with Crippen LogP contribution < -0.4 is 10.9 Å². The number of carbonyl (C=O) groups is 1. The molecular formula is C16H22FN3O. The van der Waals surface area contributed by atoms with E-state index in [-0.39, 0.29) is 23.8 Å². The topological polar surface area (TPSA) is 44.4 Å². The van der Waals surface area contributed by atoms with Crippen molar-refractivity contribution in [2.75, 3.05) is 13.1 Å². The van der Waals surface area contributed by atoms with Gasteiger partial charge in [0.25, 0.3) is 0 Å². The average Bonchev–Trinajstić information content (AvgIpc) is 2.98. The molecule has 3 rings (SSSR count). The van der Waals surface area contributed by atoms with Crippen molar-refractivity contribution in [1.29, 1.82) is 0 Å². The number of nitrogens with zero attached hydrogens (tertiary/aromatic N) is 1. The van der Waals surface area contributed by atoms with E-state index < -0.39 is 0 Å². The van der Waals surface area contributed by atoms with E-state index >= 15 is 0 Å². The van der Waals surface area contributed by atoms with Crippen LogP contribution in [0.1, 0.15) is 37.8 Å². The van der Waals surface area contributed by atoms with Crippen molar-refractivity contribution in [3.8, 4) is 0 Å². The summed E-state index contributed by atoms with van der Waals surface area (Å²) < 4.78 is 13.0. The number of nitrogens with one attached hydrogen (secondary N) is 2. The molecule has 1 aromatic rings. The highest BCUT2D eigenvalue weighted by Gasteiger charge is 2.33. The zero-order chi connectivity index (χ0) is 14.8. The first-order chi connectivity index (χ1) is 10.1. The second-order valence-corrected chi connectivity index (χ2v) is 6.19. The first-order valence-electron chi connectivity index (χ1n) is 7.69. The van der Waals surface area contributed by atoms with Crippen molar-refractivity contribution in [3.63, 3.8) is 0 Å². The summed E-state index contributed by atoms with van der Waals surface area (Å²) in [4.78, 5) is 14.5. The van der Waals surface area contributed by atoms with Crippen LogP contribution in [0.25, 0.3) is 0 Å². The van der Waals surface area contributed by atoms with Gasteiger partial charge in [-0.2, -0.15) is 0 Å². The molecule has 4 nitrogen and oxygen atoms in total. The molecule has 2 saturated heterocycles. The molecule has 2 N–H and O–H groups in total. The summed E-state index contributed by atoms with van der Waals surface area (Å²) in [5.74, 6) is 0.662. The molecule has 0 aromatic heterocycles. The molecule has 2 unspecified atom stereocenters. The second kappa shape index (κ2) is 6.12. The molecule has 114 valence electrons. The van der Waals surface area contributed by atoms with Crippen molar-refractivity contribution in [2.24, 2.45) is 5.92 Å². The van der Waals surface area contributed by atoms with Crippen LogP contribution in [0.2, 0.25) is 0 Å². The van der Waals surface area contributed by atoms with Crippen LogP contribution in [-0.4, -0.2) is 29.9 Å². The molecule has 2 aliphatic heterocycles. The lowest BCUT2D eigenvalue weighted by atomic mass is 9.97. The fraction of sp³-hybridized carbons (Fsp3) is 0.562. The normalized spacial score (nSPS) is 27.0. The highest BCUT2D eigenvalue weighted by Crippen LogP contribution is 2.24. The summed E-state index contributed by atoms with van der Waals surface area (Å²) in [6.07, 6.45) is 2.89. The number of benzene rings is 1. The number of likely N-dealkylation sites (tertiary alicyclic amines) is 1. The average molecular weight is 291 g/mol. The van der Waals surface area contributed by atoms with Gasteiger partial charge >= 0.3 is 0 Å². The Kier molecular flexibility index (Phi) is 4.22. The zero-order valence-corrected chi connectivity index (χ0v) is 12.3. The Balaban J connectivity index is 1.59. The lowest BCUT2D eigenvalue weighted by molar-refractivity contribution is -0.134. The Hall–Kier alpha value is -1.46. The van der Waals surface area contributed by atoms with E-state index in [1.165, 1.54) is 12.1 Å². The standard InChI is InChI=1S/C16H22FN3O/c1-11-6-8-20(9-7-11)16(21)15-10-14(18-19-15)12-2-4-13(17)5-3-12/h2-5,11,14-15,18-19H,6-10H2,1H3. The van der Waals surface area contributed by atoms with Crippen LogP contribution in [0.4, 0.5) is 4.39 Å². The van der Waals surface area contributed by atoms with Gasteiger partial charge in [0.15, 0.2) is 0 Å². The number of hydrogen-bond acceptors (Lipinski definition) is 3. The summed E-state index contributed by atoms with van der Waals surface area (Å²) in [7, 11) is 0. The Bertz CT molecular complexity index is 497. The molecule has 1 amide bonds. The van der Waals surface area contributed by atoms with Crippen molar-refractivity contribution < 1.29 is 9.18 Å². The number of piperidine rings is 1. The van der Waals surface area contributed by atoms with Gasteiger partial charge in [-0.25, -0.2) is 15.2 Å². The van der Waals surface area contributed by atoms with Gasteiger partial charge in [-0.3, -0.25) is 4.79 Å². The van der Waals surface area contributed by atoms with Crippen LogP contribution in [0.5, 0.6) is 0 Å². The molecule has 2 aliphatic rings. The molecular weight excluding hydrogens is 269 g/mol. The number of amides is 1. The number of halogens is 1. The van der Waals surface area contributed by atoms with Gasteiger partial charge in [0.05, 0.1) is 0 Å². The monoisotopic (exact) mass is 291 g/mol. The molecule has 0 bridgehead atoms. The first kappa shape index (κ1) is 14.5. The maximum atomic E-state index is 13.0. The molecule has 2 heterocycles. The van der Waals surface area contributed by atoms with Gasteiger partial charge in [0, 0.05) is 19.1 Å². The molecule has 2 atom stereocenters. The van der Waals surface area contributed by atoms with Gasteiger partial charge in [-0.15, -0.1) is 0 Å². The van der Waals surface area contributed by atoms with Crippen molar-refractivity contribution in [3.05, 3.63) is 35.6 Å². The van der Waals surface area contributed by atoms with E-state index in [0.29, 0.717) is 6.42 Å². The molecule has 5 heteroatoms. The van der Waals surface area contributed by atoms with E-state index in [4.69, 9.17) is 0 Å². The minimum Gasteiger partial charge on any atom is -0.341 e. The van der Waals surface area contributed by atoms with Crippen LogP contribution in [0.15, 0.2) is 24.3 Å². The van der Waals surface area contributed by atoms with Crippen LogP contribution in [0, 0.1) is 11.7 Å². The minimum absolute atomic E-state index is 0.0586. The fourth-order valence-corrected chi connectivity index (χ4v) is 3.08. The third kappa shape index (κ3) is 3.24. The fourth-order valence-electron chi connectivity index (χ4n) is 3.08. The van der Waals surface area contributed by atoms with E-state index in [2.05, 4.69) is 17.8 Å². The summed E-state index contributed by atoms with van der Waals surface area (Å²) in [5.41, 5.74) is 7.25. The van der Waals surface area contributed by atoms with Crippen LogP contribution >= 0.6 is 0 Å². The number of hydrazine groups is 1. The van der Waals surface area contributed by atoms with E-state index in [9.17, 15) is 9.18 Å². The summed E-state index contributed by atoms with van der Waals surface area (Å²) in [6.45, 7) is 3.96. The summed E-state index contributed by atoms with van der Waals surface area (Å²) >= 11 is 0. The van der Waals surface area contributed by atoms with Crippen molar-refractivity contribution in [1.82, 2.24) is 15.8 Å². The molecule has 0 aliphatic carbocycles. The smallest absolute Gasteiger partial charge is 0.241 e. The third-order valence-corrected chi connectivity index (χ3v) is 4.57. The Morgan fingerprint density at radius 1 is 1.19 bits per heavy atom. The molecule has 0 spiro atoms. The predicted octanol–water partition coefficient (Wildman–Crippen LogP) is 1.99. The Morgan fingerprint density at radius 3 is 2.52 bits per heavy atom. The first-order valence-corrected chi connectivity index (χ1v) is 7.69. The van der Waals surface area contributed by atoms with Crippen molar-refractivity contribution >= 4 is 5.91 Å². The largest absolute Gasteiger partial charge is 0.341 e. The summed E-state index contributed by atoms with van der Waals surface area (Å²) in [5, 5.41) is 0. The van der Waals surface area contributed by atoms with Crippen LogP contribution in [-0.2, 0) is 4.79 Å². The van der Waals surface area contributed by atoms with Gasteiger partial charge in [0.1, 0.15) is 11.9 Å². The lowest BCUT2D eigenvalue weighted by Gasteiger charge is -2.32. The quantitative estimate of drug-likeness (QED) is 0.876. The highest BCUT2D eigenvalue weighted by atomic mass is 19.1. The van der Waals surface area contributed by atoms with E-state index in [1.807, 2.05) is 4.90 Å². The lowest BCUT2D eigenvalue weighted by Crippen LogP contribution is -2.48. The van der Waals surface area contributed by atoms with E-state index in [1.54, 1.807) is 12.1 Å². The zero-order valence-electron chi connectivity index (χ0n) is 12.3. The van der Waals surface area contributed by atoms with Crippen LogP contribution in [0.3, 0.4) is 0 Å². The predicted molar refractivity (Wildman–Crippen MR) is 78.8 cm³/mol. The minimum atomic E-state index is -0.236. The molecule has 1 aromatic carbocycles. The maximum Gasteiger partial charge on any atom is 0.241 e. The Morgan fingerprint density at radius 2 is 1.86 bits per heavy atom. The second-order valence-electron chi connectivity index (χ2n) is 6.19. The van der Waals surface area contributed by atoms with Crippen molar-refractivity contribution in [2.45, 2.75) is 38.3 Å². The van der Waals surface area contributed by atoms with E-state index in [0.717, 1.165) is 37.4 Å². The number of carbonyl (C=O) groups excluding carboxylic acids is 1. The highest BCUT2D eigenvalue weighted by molar-refractivity contribution is 5.82. The maximum absolute atomic E-state index is 13.0.